The molecular formula is C30H29N5O2S. The highest BCUT2D eigenvalue weighted by molar-refractivity contribution is 7.98. The molecule has 5 rings (SSSR count). The molecule has 0 atom stereocenters. The minimum absolute atomic E-state index is 0.150. The highest BCUT2D eigenvalue weighted by atomic mass is 32.2. The molecule has 0 fully saturated rings. The Morgan fingerprint density at radius 3 is 2.29 bits per heavy atom. The fourth-order valence-electron chi connectivity index (χ4n) is 4.16. The van der Waals surface area contributed by atoms with Crippen molar-refractivity contribution in [3.8, 4) is 5.69 Å². The number of oxazole rings is 1. The average Bonchev–Trinajstić information content (AvgIpc) is 3.57. The number of amides is 1. The number of rotatable bonds is 10. The summed E-state index contributed by atoms with van der Waals surface area (Å²) in [6, 6.07) is 28.4. The molecule has 0 saturated heterocycles. The number of nitrogens with zero attached hydrogens (tertiary/aromatic N) is 5. The van der Waals surface area contributed by atoms with Crippen LogP contribution < -0.4 is 0 Å². The van der Waals surface area contributed by atoms with Crippen LogP contribution in [0, 0.1) is 13.8 Å². The van der Waals surface area contributed by atoms with E-state index in [1.807, 2.05) is 64.9 Å². The molecule has 0 spiro atoms. The number of hydrogen-bond acceptors (Lipinski definition) is 6. The fourth-order valence-corrected chi connectivity index (χ4v) is 5.01. The molecule has 0 bridgehead atoms. The molecular weight excluding hydrogens is 494 g/mol. The first-order valence-electron chi connectivity index (χ1n) is 12.5. The van der Waals surface area contributed by atoms with Crippen LogP contribution in [-0.4, -0.2) is 37.1 Å². The zero-order valence-corrected chi connectivity index (χ0v) is 22.3. The van der Waals surface area contributed by atoms with Crippen molar-refractivity contribution in [2.24, 2.45) is 0 Å². The first kappa shape index (κ1) is 25.5. The van der Waals surface area contributed by atoms with E-state index < -0.39 is 0 Å². The zero-order valence-electron chi connectivity index (χ0n) is 21.4. The fraction of sp³-hybridized carbons (Fsp3) is 0.200. The largest absolute Gasteiger partial charge is 0.447 e. The van der Waals surface area contributed by atoms with Crippen LogP contribution >= 0.6 is 11.8 Å². The van der Waals surface area contributed by atoms with Gasteiger partial charge in [-0.2, -0.15) is 0 Å². The van der Waals surface area contributed by atoms with Gasteiger partial charge in [0.2, 0.25) is 5.89 Å². The van der Waals surface area contributed by atoms with Crippen molar-refractivity contribution in [2.45, 2.75) is 37.7 Å². The second kappa shape index (κ2) is 11.9. The van der Waals surface area contributed by atoms with Crippen LogP contribution in [0.1, 0.15) is 38.9 Å². The van der Waals surface area contributed by atoms with Crippen molar-refractivity contribution in [2.75, 3.05) is 6.54 Å². The molecule has 0 N–H and O–H groups in total. The summed E-state index contributed by atoms with van der Waals surface area (Å²) >= 11 is 1.47. The second-order valence-corrected chi connectivity index (χ2v) is 10.0. The summed E-state index contributed by atoms with van der Waals surface area (Å²) in [4.78, 5) is 19.9. The molecule has 2 aromatic heterocycles. The van der Waals surface area contributed by atoms with E-state index in [0.29, 0.717) is 30.4 Å². The topological polar surface area (TPSA) is 77.1 Å². The minimum Gasteiger partial charge on any atom is -0.447 e. The lowest BCUT2D eigenvalue weighted by atomic mass is 10.1. The number of thioether (sulfide) groups is 1. The van der Waals surface area contributed by atoms with Crippen LogP contribution in [0.2, 0.25) is 0 Å². The molecule has 0 aliphatic rings. The van der Waals surface area contributed by atoms with Crippen molar-refractivity contribution in [3.05, 3.63) is 125 Å². The SMILES string of the molecule is Cc1ccc(-n2c(C)nnc2SCc2nc(C(=O)N(CCc3ccccc3)Cc3ccccc3)co2)cc1. The summed E-state index contributed by atoms with van der Waals surface area (Å²) < 4.78 is 7.71. The summed E-state index contributed by atoms with van der Waals surface area (Å²) in [5, 5.41) is 9.32. The van der Waals surface area contributed by atoms with E-state index >= 15 is 0 Å². The lowest BCUT2D eigenvalue weighted by Crippen LogP contribution is -2.32. The van der Waals surface area contributed by atoms with Crippen LogP contribution in [0.25, 0.3) is 5.69 Å². The Morgan fingerprint density at radius 2 is 1.58 bits per heavy atom. The zero-order chi connectivity index (χ0) is 26.3. The van der Waals surface area contributed by atoms with Gasteiger partial charge in [0.25, 0.3) is 5.91 Å². The maximum absolute atomic E-state index is 13.5. The quantitative estimate of drug-likeness (QED) is 0.207. The third-order valence-electron chi connectivity index (χ3n) is 6.20. The van der Waals surface area contributed by atoms with Gasteiger partial charge >= 0.3 is 0 Å². The third-order valence-corrected chi connectivity index (χ3v) is 7.11. The summed E-state index contributed by atoms with van der Waals surface area (Å²) in [7, 11) is 0. The van der Waals surface area contributed by atoms with Crippen molar-refractivity contribution in [1.82, 2.24) is 24.6 Å². The minimum atomic E-state index is -0.150. The Morgan fingerprint density at radius 1 is 0.895 bits per heavy atom. The normalized spacial score (nSPS) is 11.0. The predicted octanol–water partition coefficient (Wildman–Crippen LogP) is 6.05. The van der Waals surface area contributed by atoms with Gasteiger partial charge in [-0.15, -0.1) is 10.2 Å². The summed E-state index contributed by atoms with van der Waals surface area (Å²) in [5.74, 6) is 1.55. The van der Waals surface area contributed by atoms with E-state index in [2.05, 4.69) is 58.5 Å². The highest BCUT2D eigenvalue weighted by Crippen LogP contribution is 2.25. The highest BCUT2D eigenvalue weighted by Gasteiger charge is 2.21. The van der Waals surface area contributed by atoms with E-state index in [-0.39, 0.29) is 5.91 Å². The van der Waals surface area contributed by atoms with Crippen LogP contribution in [0.5, 0.6) is 0 Å². The van der Waals surface area contributed by atoms with Crippen LogP contribution in [0.3, 0.4) is 0 Å². The number of carbonyl (C=O) groups excluding carboxylic acids is 1. The summed E-state index contributed by atoms with van der Waals surface area (Å²) in [6.07, 6.45) is 2.21. The van der Waals surface area contributed by atoms with Crippen molar-refractivity contribution in [1.29, 1.82) is 0 Å². The van der Waals surface area contributed by atoms with Crippen LogP contribution in [0.4, 0.5) is 0 Å². The third kappa shape index (κ3) is 6.20. The molecule has 3 aromatic carbocycles. The molecule has 5 aromatic rings. The number of carbonyl (C=O) groups is 1. The number of benzene rings is 3. The Kier molecular flexibility index (Phi) is 7.99. The average molecular weight is 524 g/mol. The number of hydrogen-bond donors (Lipinski definition) is 0. The molecule has 38 heavy (non-hydrogen) atoms. The van der Waals surface area contributed by atoms with Crippen LogP contribution in [-0.2, 0) is 18.7 Å². The van der Waals surface area contributed by atoms with Gasteiger partial charge in [-0.3, -0.25) is 9.36 Å². The maximum Gasteiger partial charge on any atom is 0.276 e. The Hall–Kier alpha value is -4.17. The second-order valence-electron chi connectivity index (χ2n) is 9.06. The van der Waals surface area contributed by atoms with Gasteiger partial charge in [0.15, 0.2) is 10.9 Å². The molecule has 192 valence electrons. The van der Waals surface area contributed by atoms with E-state index in [1.165, 1.54) is 29.2 Å². The molecule has 0 unspecified atom stereocenters. The molecule has 1 amide bonds. The molecule has 8 heteroatoms. The number of aryl methyl sites for hydroxylation is 2. The Labute approximate surface area is 226 Å². The van der Waals surface area contributed by atoms with Crippen molar-refractivity contribution >= 4 is 17.7 Å². The van der Waals surface area contributed by atoms with E-state index in [4.69, 9.17) is 4.42 Å². The maximum atomic E-state index is 13.5. The Bertz CT molecular complexity index is 1480. The lowest BCUT2D eigenvalue weighted by molar-refractivity contribution is 0.0739. The molecule has 0 aliphatic carbocycles. The molecule has 2 heterocycles. The van der Waals surface area contributed by atoms with Gasteiger partial charge in [0, 0.05) is 18.8 Å². The summed E-state index contributed by atoms with van der Waals surface area (Å²) in [5.41, 5.74) is 4.75. The van der Waals surface area contributed by atoms with E-state index in [1.54, 1.807) is 0 Å². The van der Waals surface area contributed by atoms with Crippen LogP contribution in [0.15, 0.2) is 101 Å². The molecule has 0 aliphatic heterocycles. The molecule has 0 saturated carbocycles. The van der Waals surface area contributed by atoms with Gasteiger partial charge in [0.05, 0.1) is 5.75 Å². The van der Waals surface area contributed by atoms with E-state index in [0.717, 1.165) is 28.7 Å². The van der Waals surface area contributed by atoms with Crippen molar-refractivity contribution in [3.63, 3.8) is 0 Å². The molecule has 7 nitrogen and oxygen atoms in total. The van der Waals surface area contributed by atoms with Gasteiger partial charge < -0.3 is 9.32 Å². The van der Waals surface area contributed by atoms with E-state index in [9.17, 15) is 4.79 Å². The number of aromatic nitrogens is 4. The van der Waals surface area contributed by atoms with Gasteiger partial charge in [-0.1, -0.05) is 90.1 Å². The van der Waals surface area contributed by atoms with Gasteiger partial charge in [-0.25, -0.2) is 4.98 Å². The van der Waals surface area contributed by atoms with Crippen molar-refractivity contribution < 1.29 is 9.21 Å². The van der Waals surface area contributed by atoms with Gasteiger partial charge in [-0.05, 0) is 43.5 Å². The Balaban J connectivity index is 1.28. The first-order chi connectivity index (χ1) is 18.6. The lowest BCUT2D eigenvalue weighted by Gasteiger charge is -2.22. The first-order valence-corrected chi connectivity index (χ1v) is 13.5. The predicted molar refractivity (Wildman–Crippen MR) is 148 cm³/mol. The summed E-state index contributed by atoms with van der Waals surface area (Å²) in [6.45, 7) is 5.06. The monoisotopic (exact) mass is 523 g/mol. The standard InChI is InChI=1S/C30H29N5O2S/c1-22-13-15-26(16-14-22)35-23(2)32-33-30(35)38-21-28-31-27(20-37-28)29(36)34(19-25-11-7-4-8-12-25)18-17-24-9-5-3-6-10-24/h3-16,20H,17-19,21H2,1-2H3. The molecule has 0 radical (unpaired) electrons. The smallest absolute Gasteiger partial charge is 0.276 e. The van der Waals surface area contributed by atoms with Gasteiger partial charge in [0.1, 0.15) is 12.1 Å².